The second kappa shape index (κ2) is 9.47. The Morgan fingerprint density at radius 2 is 1.81 bits per heavy atom. The number of nitrogens with zero attached hydrogens (tertiary/aromatic N) is 2. The van der Waals surface area contributed by atoms with E-state index < -0.39 is 20.9 Å². The van der Waals surface area contributed by atoms with Crippen LogP contribution >= 0.6 is 46.1 Å². The van der Waals surface area contributed by atoms with E-state index >= 15 is 0 Å². The Morgan fingerprint density at radius 1 is 1.09 bits per heavy atom. The summed E-state index contributed by atoms with van der Waals surface area (Å²) in [6.07, 6.45) is 1.53. The number of aryl methyl sites for hydroxylation is 1. The Balaban J connectivity index is 1.43. The highest BCUT2D eigenvalue weighted by molar-refractivity contribution is 7.92. The molecule has 32 heavy (non-hydrogen) atoms. The molecule has 2 heterocycles. The van der Waals surface area contributed by atoms with E-state index in [9.17, 15) is 12.8 Å². The fourth-order valence-corrected chi connectivity index (χ4v) is 7.42. The zero-order valence-electron chi connectivity index (χ0n) is 17.1. The molecule has 10 heteroatoms. The molecule has 1 aliphatic heterocycles. The maximum Gasteiger partial charge on any atom is 0.185 e. The smallest absolute Gasteiger partial charge is 0.185 e. The van der Waals surface area contributed by atoms with Crippen molar-refractivity contribution in [2.24, 2.45) is 0 Å². The summed E-state index contributed by atoms with van der Waals surface area (Å²) in [6, 6.07) is 7.70. The van der Waals surface area contributed by atoms with Crippen molar-refractivity contribution in [3.8, 4) is 0 Å². The fraction of sp³-hybridized carbons (Fsp3) is 0.318. The molecule has 0 spiro atoms. The van der Waals surface area contributed by atoms with Crippen molar-refractivity contribution >= 4 is 61.1 Å². The van der Waals surface area contributed by atoms with Crippen molar-refractivity contribution in [1.82, 2.24) is 4.98 Å². The number of piperidine rings is 1. The molecular weight excluding hydrogens is 514 g/mol. The summed E-state index contributed by atoms with van der Waals surface area (Å²) in [5, 5.41) is 3.02. The number of sulfone groups is 1. The van der Waals surface area contributed by atoms with Gasteiger partial charge in [-0.2, -0.15) is 0 Å². The lowest BCUT2D eigenvalue weighted by Crippen LogP contribution is -2.39. The predicted molar refractivity (Wildman–Crippen MR) is 130 cm³/mol. The van der Waals surface area contributed by atoms with Crippen LogP contribution in [0.15, 0.2) is 40.6 Å². The number of hydrogen-bond donors (Lipinski definition) is 0. The highest BCUT2D eigenvalue weighted by atomic mass is 35.5. The molecule has 0 amide bonds. The van der Waals surface area contributed by atoms with Crippen molar-refractivity contribution in [3.63, 3.8) is 0 Å². The summed E-state index contributed by atoms with van der Waals surface area (Å²) in [4.78, 5) is 6.94. The Bertz CT molecular complexity index is 1260. The number of rotatable bonds is 5. The number of thiazole rings is 1. The van der Waals surface area contributed by atoms with Crippen molar-refractivity contribution < 1.29 is 12.8 Å². The van der Waals surface area contributed by atoms with Gasteiger partial charge in [0.15, 0.2) is 15.0 Å². The van der Waals surface area contributed by atoms with Crippen LogP contribution < -0.4 is 4.90 Å². The number of benzene rings is 2. The van der Waals surface area contributed by atoms with E-state index in [2.05, 4.69) is 9.88 Å². The van der Waals surface area contributed by atoms with Gasteiger partial charge in [0.05, 0.1) is 25.9 Å². The fourth-order valence-electron chi connectivity index (χ4n) is 3.77. The van der Waals surface area contributed by atoms with E-state index in [-0.39, 0.29) is 14.9 Å². The molecule has 2 aromatic carbocycles. The van der Waals surface area contributed by atoms with Crippen LogP contribution in [0.2, 0.25) is 15.1 Å². The Morgan fingerprint density at radius 3 is 2.50 bits per heavy atom. The van der Waals surface area contributed by atoms with Gasteiger partial charge in [0.1, 0.15) is 5.82 Å². The molecule has 4 nitrogen and oxygen atoms in total. The predicted octanol–water partition coefficient (Wildman–Crippen LogP) is 6.58. The number of anilines is 1. The maximum absolute atomic E-state index is 13.4. The zero-order chi connectivity index (χ0) is 23.0. The third kappa shape index (κ3) is 4.92. The van der Waals surface area contributed by atoms with Crippen molar-refractivity contribution in [2.75, 3.05) is 18.0 Å². The largest absolute Gasteiger partial charge is 0.348 e. The average molecular weight is 534 g/mol. The maximum atomic E-state index is 13.4. The first-order valence-corrected chi connectivity index (χ1v) is 13.5. The highest BCUT2D eigenvalue weighted by Crippen LogP contribution is 2.34. The van der Waals surface area contributed by atoms with Crippen LogP contribution in [-0.2, 0) is 16.3 Å². The minimum atomic E-state index is -3.56. The lowest BCUT2D eigenvalue weighted by atomic mass is 10.1. The van der Waals surface area contributed by atoms with Gasteiger partial charge in [0.25, 0.3) is 0 Å². The third-order valence-corrected chi connectivity index (χ3v) is 9.95. The Kier molecular flexibility index (Phi) is 7.03. The molecule has 1 aromatic heterocycles. The number of halogens is 4. The molecule has 1 fully saturated rings. The van der Waals surface area contributed by atoms with E-state index in [4.69, 9.17) is 34.8 Å². The molecule has 0 N–H and O–H groups in total. The molecule has 0 bridgehead atoms. The first-order chi connectivity index (χ1) is 15.1. The van der Waals surface area contributed by atoms with Crippen LogP contribution in [0.5, 0.6) is 0 Å². The molecule has 4 rings (SSSR count). The summed E-state index contributed by atoms with van der Waals surface area (Å²) < 4.78 is 39.7. The van der Waals surface area contributed by atoms with Crippen molar-refractivity contribution in [3.05, 3.63) is 73.4 Å². The molecule has 1 saturated heterocycles. The van der Waals surface area contributed by atoms with Gasteiger partial charge in [-0.25, -0.2) is 17.8 Å². The van der Waals surface area contributed by atoms with Gasteiger partial charge in [0, 0.05) is 29.9 Å². The molecule has 1 aliphatic rings. The summed E-state index contributed by atoms with van der Waals surface area (Å²) in [7, 11) is -3.56. The van der Waals surface area contributed by atoms with Gasteiger partial charge in [0.2, 0.25) is 0 Å². The third-order valence-electron chi connectivity index (χ3n) is 5.58. The standard InChI is InChI=1S/C22H20Cl3FN2O2S2/c1-13-8-21(19(25)11-17(13)23)32(29,30)16-4-6-28(7-5-16)22-27-15(12-31-22)9-14-2-3-20(26)18(24)10-14/h2-3,8,10-12,16H,4-7,9H2,1H3. The number of hydrogen-bond acceptors (Lipinski definition) is 5. The van der Waals surface area contributed by atoms with E-state index in [1.807, 2.05) is 5.38 Å². The molecule has 0 atom stereocenters. The molecule has 0 aliphatic carbocycles. The highest BCUT2D eigenvalue weighted by Gasteiger charge is 2.33. The zero-order valence-corrected chi connectivity index (χ0v) is 21.0. The second-order valence-electron chi connectivity index (χ2n) is 7.81. The SMILES string of the molecule is Cc1cc(S(=O)(=O)C2CCN(c3nc(Cc4ccc(F)c(Cl)c4)cs3)CC2)c(Cl)cc1Cl. The molecule has 0 saturated carbocycles. The molecule has 3 aromatic rings. The number of aromatic nitrogens is 1. The second-order valence-corrected chi connectivity index (χ2v) is 12.1. The van der Waals surface area contributed by atoms with Crippen LogP contribution in [0.25, 0.3) is 0 Å². The monoisotopic (exact) mass is 532 g/mol. The van der Waals surface area contributed by atoms with Crippen molar-refractivity contribution in [2.45, 2.75) is 36.3 Å². The molecular formula is C22H20Cl3FN2O2S2. The first kappa shape index (κ1) is 23.8. The minimum Gasteiger partial charge on any atom is -0.348 e. The van der Waals surface area contributed by atoms with Crippen LogP contribution in [0.4, 0.5) is 9.52 Å². The van der Waals surface area contributed by atoms with E-state index in [1.165, 1.54) is 23.5 Å². The molecule has 0 unspecified atom stereocenters. The summed E-state index contributed by atoms with van der Waals surface area (Å²) >= 11 is 19.6. The molecule has 0 radical (unpaired) electrons. The Hall–Kier alpha value is -1.38. The van der Waals surface area contributed by atoms with Crippen LogP contribution in [0, 0.1) is 12.7 Å². The van der Waals surface area contributed by atoms with Gasteiger partial charge >= 0.3 is 0 Å². The quantitative estimate of drug-likeness (QED) is 0.371. The van der Waals surface area contributed by atoms with Gasteiger partial charge < -0.3 is 4.90 Å². The topological polar surface area (TPSA) is 50.3 Å². The van der Waals surface area contributed by atoms with Crippen molar-refractivity contribution in [1.29, 1.82) is 0 Å². The average Bonchev–Trinajstić information content (AvgIpc) is 3.22. The first-order valence-electron chi connectivity index (χ1n) is 9.98. The van der Waals surface area contributed by atoms with Crippen LogP contribution in [0.3, 0.4) is 0 Å². The minimum absolute atomic E-state index is 0.0946. The van der Waals surface area contributed by atoms with E-state index in [1.54, 1.807) is 25.1 Å². The van der Waals surface area contributed by atoms with Gasteiger partial charge in [-0.05, 0) is 55.2 Å². The lowest BCUT2D eigenvalue weighted by Gasteiger charge is -2.31. The van der Waals surface area contributed by atoms with E-state index in [0.717, 1.165) is 16.4 Å². The molecule has 170 valence electrons. The summed E-state index contributed by atoms with van der Waals surface area (Å²) in [5.74, 6) is -0.442. The Labute approximate surface area is 205 Å². The normalized spacial score (nSPS) is 15.3. The van der Waals surface area contributed by atoms with E-state index in [0.29, 0.717) is 42.9 Å². The van der Waals surface area contributed by atoms with Crippen LogP contribution in [-0.4, -0.2) is 31.7 Å². The summed E-state index contributed by atoms with van der Waals surface area (Å²) in [6.45, 7) is 2.94. The van der Waals surface area contributed by atoms with Gasteiger partial charge in [-0.15, -0.1) is 11.3 Å². The van der Waals surface area contributed by atoms with Crippen LogP contribution in [0.1, 0.15) is 29.7 Å². The van der Waals surface area contributed by atoms with Gasteiger partial charge in [-0.3, -0.25) is 0 Å². The lowest BCUT2D eigenvalue weighted by molar-refractivity contribution is 0.529. The summed E-state index contributed by atoms with van der Waals surface area (Å²) in [5.41, 5.74) is 2.43. The van der Waals surface area contributed by atoms with Gasteiger partial charge in [-0.1, -0.05) is 40.9 Å².